The topological polar surface area (TPSA) is 150 Å². The number of aromatic nitrogens is 4. The number of imide groups is 1. The monoisotopic (exact) mass is 338 g/mol. The lowest BCUT2D eigenvalue weighted by atomic mass is 10.3. The average molecular weight is 338 g/mol. The standard InChI is InChI=1S/C12H14N6O4S/c13-12(20)14-11(19)6-7-23(21,22)8-10-15-16-17-18(10)9-4-2-1-3-5-9/h1-5H,6-8H2,(H3,13,14,19,20). The van der Waals surface area contributed by atoms with Crippen LogP contribution >= 0.6 is 0 Å². The molecule has 0 radical (unpaired) electrons. The van der Waals surface area contributed by atoms with Crippen molar-refractivity contribution in [1.82, 2.24) is 25.5 Å². The number of hydrogen-bond donors (Lipinski definition) is 2. The van der Waals surface area contributed by atoms with Crippen LogP contribution in [0, 0.1) is 0 Å². The van der Waals surface area contributed by atoms with Crippen molar-refractivity contribution in [3.8, 4) is 5.69 Å². The van der Waals surface area contributed by atoms with E-state index in [0.29, 0.717) is 5.69 Å². The van der Waals surface area contributed by atoms with Crippen molar-refractivity contribution in [1.29, 1.82) is 0 Å². The van der Waals surface area contributed by atoms with E-state index in [2.05, 4.69) is 15.5 Å². The molecular formula is C12H14N6O4S. The summed E-state index contributed by atoms with van der Waals surface area (Å²) in [5, 5.41) is 12.7. The van der Waals surface area contributed by atoms with Gasteiger partial charge in [0.25, 0.3) is 0 Å². The van der Waals surface area contributed by atoms with Crippen LogP contribution in [0.2, 0.25) is 0 Å². The summed E-state index contributed by atoms with van der Waals surface area (Å²) in [7, 11) is -3.64. The highest BCUT2D eigenvalue weighted by Gasteiger charge is 2.20. The van der Waals surface area contributed by atoms with Gasteiger partial charge in [-0.3, -0.25) is 10.1 Å². The molecule has 3 amide bonds. The summed E-state index contributed by atoms with van der Waals surface area (Å²) in [5.41, 5.74) is 5.40. The van der Waals surface area contributed by atoms with E-state index < -0.39 is 33.3 Å². The van der Waals surface area contributed by atoms with Crippen molar-refractivity contribution >= 4 is 21.8 Å². The second-order valence-corrected chi connectivity index (χ2v) is 6.78. The number of urea groups is 1. The second kappa shape index (κ2) is 6.96. The van der Waals surface area contributed by atoms with Gasteiger partial charge in [0.2, 0.25) is 5.91 Å². The van der Waals surface area contributed by atoms with Gasteiger partial charge in [-0.05, 0) is 22.6 Å². The Morgan fingerprint density at radius 3 is 2.57 bits per heavy atom. The van der Waals surface area contributed by atoms with Crippen LogP contribution in [0.25, 0.3) is 5.69 Å². The fourth-order valence-corrected chi connectivity index (χ4v) is 3.00. The minimum absolute atomic E-state index is 0.131. The lowest BCUT2D eigenvalue weighted by Gasteiger charge is -2.05. The fraction of sp³-hybridized carbons (Fsp3) is 0.250. The van der Waals surface area contributed by atoms with Gasteiger partial charge in [-0.15, -0.1) is 5.10 Å². The Morgan fingerprint density at radius 2 is 1.91 bits per heavy atom. The highest BCUT2D eigenvalue weighted by molar-refractivity contribution is 7.90. The Labute approximate surface area is 131 Å². The summed E-state index contributed by atoms with van der Waals surface area (Å²) in [5.74, 6) is -1.51. The van der Waals surface area contributed by atoms with Crippen molar-refractivity contribution in [3.63, 3.8) is 0 Å². The molecule has 1 aromatic carbocycles. The number of carbonyl (C=O) groups is 2. The van der Waals surface area contributed by atoms with Crippen LogP contribution in [0.3, 0.4) is 0 Å². The number of benzene rings is 1. The second-order valence-electron chi connectivity index (χ2n) is 4.60. The summed E-state index contributed by atoms with van der Waals surface area (Å²) in [6.45, 7) is 0. The van der Waals surface area contributed by atoms with E-state index in [9.17, 15) is 18.0 Å². The first-order valence-electron chi connectivity index (χ1n) is 6.50. The van der Waals surface area contributed by atoms with Crippen LogP contribution in [-0.4, -0.2) is 46.3 Å². The molecule has 0 aliphatic carbocycles. The maximum Gasteiger partial charge on any atom is 0.318 e. The third kappa shape index (κ3) is 4.85. The number of nitrogens with two attached hydrogens (primary N) is 1. The number of primary amides is 1. The van der Waals surface area contributed by atoms with Gasteiger partial charge in [-0.2, -0.15) is 4.68 Å². The molecule has 3 N–H and O–H groups in total. The Morgan fingerprint density at radius 1 is 1.22 bits per heavy atom. The first-order chi connectivity index (χ1) is 10.9. The van der Waals surface area contributed by atoms with Crippen LogP contribution in [0.5, 0.6) is 0 Å². The molecular weight excluding hydrogens is 324 g/mol. The van der Waals surface area contributed by atoms with Crippen molar-refractivity contribution in [2.24, 2.45) is 5.73 Å². The fourth-order valence-electron chi connectivity index (χ4n) is 1.78. The molecule has 1 heterocycles. The summed E-state index contributed by atoms with van der Waals surface area (Å²) in [6, 6.07) is 7.77. The third-order valence-corrected chi connectivity index (χ3v) is 4.31. The van der Waals surface area contributed by atoms with Gasteiger partial charge in [0, 0.05) is 6.42 Å². The maximum absolute atomic E-state index is 12.1. The third-order valence-electron chi connectivity index (χ3n) is 2.79. The van der Waals surface area contributed by atoms with Gasteiger partial charge in [-0.1, -0.05) is 18.2 Å². The Hall–Kier alpha value is -2.82. The first-order valence-corrected chi connectivity index (χ1v) is 8.32. The predicted molar refractivity (Wildman–Crippen MR) is 79.0 cm³/mol. The molecule has 0 saturated heterocycles. The number of nitrogens with zero attached hydrogens (tertiary/aromatic N) is 4. The lowest BCUT2D eigenvalue weighted by Crippen LogP contribution is -2.35. The number of carbonyl (C=O) groups excluding carboxylic acids is 2. The molecule has 2 rings (SSSR count). The smallest absolute Gasteiger partial charge is 0.318 e. The summed E-state index contributed by atoms with van der Waals surface area (Å²) < 4.78 is 25.4. The SMILES string of the molecule is NC(=O)NC(=O)CCS(=O)(=O)Cc1nnnn1-c1ccccc1. The Kier molecular flexibility index (Phi) is 5.01. The lowest BCUT2D eigenvalue weighted by molar-refractivity contribution is -0.119. The van der Waals surface area contributed by atoms with Crippen molar-refractivity contribution in [2.75, 3.05) is 5.75 Å². The molecule has 0 bridgehead atoms. The number of nitrogens with one attached hydrogen (secondary N) is 1. The molecule has 0 atom stereocenters. The van der Waals surface area contributed by atoms with E-state index >= 15 is 0 Å². The van der Waals surface area contributed by atoms with E-state index in [1.807, 2.05) is 6.07 Å². The summed E-state index contributed by atoms with van der Waals surface area (Å²) in [4.78, 5) is 21.8. The molecule has 0 aliphatic heterocycles. The molecule has 2 aromatic rings. The molecule has 0 unspecified atom stereocenters. The average Bonchev–Trinajstić information content (AvgIpc) is 2.93. The zero-order valence-corrected chi connectivity index (χ0v) is 12.7. The van der Waals surface area contributed by atoms with E-state index in [1.165, 1.54) is 4.68 Å². The van der Waals surface area contributed by atoms with E-state index in [0.717, 1.165) is 0 Å². The molecule has 23 heavy (non-hydrogen) atoms. The molecule has 122 valence electrons. The number of amides is 3. The number of tetrazole rings is 1. The quantitative estimate of drug-likeness (QED) is 0.697. The number of sulfone groups is 1. The molecule has 11 heteroatoms. The van der Waals surface area contributed by atoms with E-state index in [-0.39, 0.29) is 12.2 Å². The molecule has 1 aromatic heterocycles. The van der Waals surface area contributed by atoms with Crippen LogP contribution < -0.4 is 11.1 Å². The van der Waals surface area contributed by atoms with Crippen molar-refractivity contribution in [3.05, 3.63) is 36.2 Å². The molecule has 0 fully saturated rings. The highest BCUT2D eigenvalue weighted by atomic mass is 32.2. The minimum atomic E-state index is -3.64. The number of hydrogen-bond acceptors (Lipinski definition) is 7. The van der Waals surface area contributed by atoms with Crippen LogP contribution in [0.15, 0.2) is 30.3 Å². The normalized spacial score (nSPS) is 11.1. The van der Waals surface area contributed by atoms with Crippen LogP contribution in [-0.2, 0) is 20.4 Å². The minimum Gasteiger partial charge on any atom is -0.351 e. The zero-order valence-electron chi connectivity index (χ0n) is 11.9. The van der Waals surface area contributed by atoms with Gasteiger partial charge in [0.05, 0.1) is 11.4 Å². The Balaban J connectivity index is 2.06. The van der Waals surface area contributed by atoms with Gasteiger partial charge in [0.1, 0.15) is 5.75 Å². The van der Waals surface area contributed by atoms with Crippen molar-refractivity contribution < 1.29 is 18.0 Å². The molecule has 0 spiro atoms. The predicted octanol–water partition coefficient (Wildman–Crippen LogP) is -0.838. The van der Waals surface area contributed by atoms with Gasteiger partial charge < -0.3 is 5.73 Å². The van der Waals surface area contributed by atoms with Gasteiger partial charge >= 0.3 is 6.03 Å². The Bertz CT molecular complexity index is 802. The zero-order chi connectivity index (χ0) is 16.9. The number of rotatable bonds is 6. The highest BCUT2D eigenvalue weighted by Crippen LogP contribution is 2.10. The summed E-state index contributed by atoms with van der Waals surface area (Å²) in [6.07, 6.45) is -0.377. The van der Waals surface area contributed by atoms with Gasteiger partial charge in [-0.25, -0.2) is 13.2 Å². The van der Waals surface area contributed by atoms with E-state index in [1.54, 1.807) is 29.6 Å². The molecule has 0 aliphatic rings. The largest absolute Gasteiger partial charge is 0.351 e. The van der Waals surface area contributed by atoms with Gasteiger partial charge in [0.15, 0.2) is 15.7 Å². The number of para-hydroxylation sites is 1. The van der Waals surface area contributed by atoms with E-state index in [4.69, 9.17) is 5.73 Å². The molecule has 10 nitrogen and oxygen atoms in total. The summed E-state index contributed by atoms with van der Waals surface area (Å²) >= 11 is 0. The maximum atomic E-state index is 12.1. The van der Waals surface area contributed by atoms with Crippen molar-refractivity contribution in [2.45, 2.75) is 12.2 Å². The first kappa shape index (κ1) is 16.5. The molecule has 0 saturated carbocycles. The van der Waals surface area contributed by atoms with Crippen LogP contribution in [0.4, 0.5) is 4.79 Å². The van der Waals surface area contributed by atoms with Crippen LogP contribution in [0.1, 0.15) is 12.2 Å².